The zero-order valence-electron chi connectivity index (χ0n) is 25.8. The SMILES string of the molecule is CC(=O)N[C@]1(CCc2c(F)cncc2NC(=O)C[C@@H](c2ccc(F)cc2)c2cc(F)cc(F)c2)NCC(C)NC1S(=O)(=O)c1cscn1. The zero-order valence-corrected chi connectivity index (χ0v) is 27.4. The van der Waals surface area contributed by atoms with Crippen molar-refractivity contribution in [3.05, 3.63) is 106 Å². The number of amides is 2. The van der Waals surface area contributed by atoms with Crippen molar-refractivity contribution in [2.45, 2.75) is 61.1 Å². The Morgan fingerprint density at radius 2 is 1.75 bits per heavy atom. The summed E-state index contributed by atoms with van der Waals surface area (Å²) in [6.07, 6.45) is 1.47. The minimum absolute atomic E-state index is 0.0246. The van der Waals surface area contributed by atoms with E-state index in [0.717, 1.165) is 41.8 Å². The lowest BCUT2D eigenvalue weighted by Crippen LogP contribution is -2.77. The van der Waals surface area contributed by atoms with Gasteiger partial charge in [0.2, 0.25) is 21.7 Å². The number of nitrogens with zero attached hydrogens (tertiary/aromatic N) is 2. The summed E-state index contributed by atoms with van der Waals surface area (Å²) in [5.74, 6) is -5.19. The lowest BCUT2D eigenvalue weighted by molar-refractivity contribution is -0.122. The Bertz CT molecular complexity index is 1880. The summed E-state index contributed by atoms with van der Waals surface area (Å²) in [5.41, 5.74) is 0.234. The first-order chi connectivity index (χ1) is 22.8. The van der Waals surface area contributed by atoms with E-state index in [0.29, 0.717) is 11.6 Å². The van der Waals surface area contributed by atoms with Gasteiger partial charge in [-0.15, -0.1) is 11.3 Å². The Morgan fingerprint density at radius 3 is 2.40 bits per heavy atom. The van der Waals surface area contributed by atoms with Crippen LogP contribution in [-0.2, 0) is 25.8 Å². The molecule has 254 valence electrons. The zero-order chi connectivity index (χ0) is 34.6. The first-order valence-corrected chi connectivity index (χ1v) is 17.3. The standard InChI is InChI=1S/C32H32F4N6O4S2/c1-18-13-39-32(42-19(2)43,31(40-18)48(45,46)30-16-47-17-38-30)8-7-25-27(36)14-37-15-28(25)41-29(44)12-26(20-3-5-22(33)6-4-20)21-9-23(34)11-24(35)10-21/h3-6,9-11,14-18,26,31,39-40H,7-8,12-13H2,1-2H3,(H,41,44)(H,42,43)/t18?,26-,31?,32-/m0/s1. The minimum Gasteiger partial charge on any atom is -0.336 e. The Labute approximate surface area is 278 Å². The number of carbonyl (C=O) groups is 2. The topological polar surface area (TPSA) is 142 Å². The third kappa shape index (κ3) is 7.89. The van der Waals surface area contributed by atoms with Crippen LogP contribution in [0.2, 0.25) is 0 Å². The largest absolute Gasteiger partial charge is 0.336 e. The molecule has 5 rings (SSSR count). The predicted octanol–water partition coefficient (Wildman–Crippen LogP) is 4.40. The van der Waals surface area contributed by atoms with E-state index in [-0.39, 0.29) is 53.7 Å². The number of halogens is 4. The van der Waals surface area contributed by atoms with E-state index in [1.165, 1.54) is 36.1 Å². The molecule has 1 saturated heterocycles. The third-order valence-corrected chi connectivity index (χ3v) is 10.7. The van der Waals surface area contributed by atoms with E-state index in [1.807, 2.05) is 0 Å². The van der Waals surface area contributed by atoms with Crippen molar-refractivity contribution in [3.8, 4) is 0 Å². The summed E-state index contributed by atoms with van der Waals surface area (Å²) < 4.78 is 85.0. The predicted molar refractivity (Wildman–Crippen MR) is 171 cm³/mol. The Kier molecular flexibility index (Phi) is 10.6. The second kappa shape index (κ2) is 14.5. The first-order valence-electron chi connectivity index (χ1n) is 14.8. The second-order valence-corrected chi connectivity index (χ2v) is 14.3. The van der Waals surface area contributed by atoms with Crippen LogP contribution in [0, 0.1) is 23.3 Å². The fourth-order valence-corrected chi connectivity index (χ4v) is 8.67. The van der Waals surface area contributed by atoms with Crippen molar-refractivity contribution in [1.29, 1.82) is 0 Å². The van der Waals surface area contributed by atoms with Crippen molar-refractivity contribution >= 4 is 38.7 Å². The highest BCUT2D eigenvalue weighted by Gasteiger charge is 2.51. The van der Waals surface area contributed by atoms with Crippen LogP contribution < -0.4 is 21.3 Å². The van der Waals surface area contributed by atoms with Gasteiger partial charge in [0.15, 0.2) is 10.4 Å². The molecule has 3 heterocycles. The number of nitrogens with one attached hydrogen (secondary N) is 4. The van der Waals surface area contributed by atoms with Crippen LogP contribution in [0.25, 0.3) is 0 Å². The Balaban J connectivity index is 1.43. The molecule has 10 nitrogen and oxygen atoms in total. The van der Waals surface area contributed by atoms with Crippen LogP contribution in [0.4, 0.5) is 23.2 Å². The van der Waals surface area contributed by atoms with Gasteiger partial charge in [-0.2, -0.15) is 0 Å². The second-order valence-electron chi connectivity index (χ2n) is 11.6. The van der Waals surface area contributed by atoms with Crippen LogP contribution in [0.3, 0.4) is 0 Å². The summed E-state index contributed by atoms with van der Waals surface area (Å²) in [7, 11) is -4.17. The first kappa shape index (κ1) is 35.1. The van der Waals surface area contributed by atoms with Gasteiger partial charge >= 0.3 is 0 Å². The maximum Gasteiger partial charge on any atom is 0.225 e. The number of piperazine rings is 1. The van der Waals surface area contributed by atoms with Crippen LogP contribution in [0.1, 0.15) is 49.3 Å². The molecule has 1 aliphatic heterocycles. The van der Waals surface area contributed by atoms with Crippen LogP contribution in [0.5, 0.6) is 0 Å². The van der Waals surface area contributed by atoms with Gasteiger partial charge < -0.3 is 10.6 Å². The number of aromatic nitrogens is 2. The number of sulfone groups is 1. The lowest BCUT2D eigenvalue weighted by Gasteiger charge is -2.47. The van der Waals surface area contributed by atoms with Crippen molar-refractivity contribution < 1.29 is 35.6 Å². The Hall–Kier alpha value is -4.25. The maximum atomic E-state index is 15.4. The molecule has 1 aliphatic rings. The average Bonchev–Trinajstić information content (AvgIpc) is 3.57. The fraction of sp³-hybridized carbons (Fsp3) is 0.312. The van der Waals surface area contributed by atoms with E-state index in [1.54, 1.807) is 6.92 Å². The molecule has 0 bridgehead atoms. The monoisotopic (exact) mass is 704 g/mol. The number of carbonyl (C=O) groups excluding carboxylic acids is 2. The van der Waals surface area contributed by atoms with Gasteiger partial charge in [-0.1, -0.05) is 12.1 Å². The summed E-state index contributed by atoms with van der Waals surface area (Å²) in [5, 5.41) is 11.3. The van der Waals surface area contributed by atoms with Crippen LogP contribution in [-0.4, -0.2) is 53.8 Å². The molecule has 0 saturated carbocycles. The molecular weight excluding hydrogens is 673 g/mol. The third-order valence-electron chi connectivity index (χ3n) is 8.02. The van der Waals surface area contributed by atoms with Gasteiger partial charge in [0.1, 0.15) is 28.9 Å². The average molecular weight is 705 g/mol. The molecule has 4 aromatic rings. The number of hydrogen-bond acceptors (Lipinski definition) is 9. The number of anilines is 1. The van der Waals surface area contributed by atoms with Gasteiger partial charge in [0.25, 0.3) is 0 Å². The van der Waals surface area contributed by atoms with Crippen molar-refractivity contribution in [3.63, 3.8) is 0 Å². The van der Waals surface area contributed by atoms with Crippen LogP contribution in [0.15, 0.2) is 70.8 Å². The fourth-order valence-electron chi connectivity index (χ4n) is 5.84. The van der Waals surface area contributed by atoms with Gasteiger partial charge in [-0.3, -0.25) is 25.2 Å². The smallest absolute Gasteiger partial charge is 0.225 e. The summed E-state index contributed by atoms with van der Waals surface area (Å²) in [4.78, 5) is 33.7. The molecule has 2 aromatic heterocycles. The molecule has 2 amide bonds. The van der Waals surface area contributed by atoms with Crippen molar-refractivity contribution in [1.82, 2.24) is 25.9 Å². The molecule has 4 N–H and O–H groups in total. The normalized spacial score (nSPS) is 20.2. The summed E-state index contributed by atoms with van der Waals surface area (Å²) in [6.45, 7) is 3.26. The highest BCUT2D eigenvalue weighted by atomic mass is 32.2. The van der Waals surface area contributed by atoms with Gasteiger partial charge in [0.05, 0.1) is 23.6 Å². The van der Waals surface area contributed by atoms with Crippen molar-refractivity contribution in [2.75, 3.05) is 11.9 Å². The number of pyridine rings is 1. The molecule has 2 aromatic carbocycles. The number of hydrogen-bond donors (Lipinski definition) is 4. The molecule has 0 spiro atoms. The summed E-state index contributed by atoms with van der Waals surface area (Å²) >= 11 is 1.09. The molecule has 48 heavy (non-hydrogen) atoms. The number of benzene rings is 2. The molecule has 2 unspecified atom stereocenters. The van der Waals surface area contributed by atoms with E-state index >= 15 is 4.39 Å². The lowest BCUT2D eigenvalue weighted by atomic mass is 9.88. The summed E-state index contributed by atoms with van der Waals surface area (Å²) in [6, 6.07) is 7.63. The highest BCUT2D eigenvalue weighted by molar-refractivity contribution is 7.92. The van der Waals surface area contributed by atoms with Gasteiger partial charge in [-0.25, -0.2) is 31.0 Å². The quantitative estimate of drug-likeness (QED) is 0.169. The maximum absolute atomic E-state index is 15.4. The molecule has 4 atom stereocenters. The van der Waals surface area contributed by atoms with Gasteiger partial charge in [-0.05, 0) is 55.2 Å². The molecular formula is C32H32F4N6O4S2. The van der Waals surface area contributed by atoms with Gasteiger partial charge in [0, 0.05) is 48.9 Å². The minimum atomic E-state index is -4.17. The molecule has 16 heteroatoms. The van der Waals surface area contributed by atoms with Crippen molar-refractivity contribution in [2.24, 2.45) is 0 Å². The number of rotatable bonds is 11. The number of thiazole rings is 1. The van der Waals surface area contributed by atoms with E-state index in [4.69, 9.17) is 0 Å². The molecule has 0 aliphatic carbocycles. The van der Waals surface area contributed by atoms with E-state index in [2.05, 4.69) is 31.2 Å². The highest BCUT2D eigenvalue weighted by Crippen LogP contribution is 2.32. The van der Waals surface area contributed by atoms with Crippen LogP contribution >= 0.6 is 11.3 Å². The van der Waals surface area contributed by atoms with E-state index in [9.17, 15) is 31.2 Å². The Morgan fingerprint density at radius 1 is 1.04 bits per heavy atom. The molecule has 1 fully saturated rings. The molecule has 0 radical (unpaired) electrons. The van der Waals surface area contributed by atoms with E-state index < -0.39 is 61.9 Å².